The largest absolute Gasteiger partial charge is 0.443 e. The van der Waals surface area contributed by atoms with Crippen LogP contribution in [0.2, 0.25) is 0 Å². The van der Waals surface area contributed by atoms with Crippen molar-refractivity contribution in [3.05, 3.63) is 90.1 Å². The van der Waals surface area contributed by atoms with Crippen LogP contribution in [0.5, 0.6) is 0 Å². The Kier molecular flexibility index (Phi) is 6.45. The summed E-state index contributed by atoms with van der Waals surface area (Å²) in [5, 5.41) is 0. The number of nitrogens with zero attached hydrogens (tertiary/aromatic N) is 3. The molecule has 1 fully saturated rings. The molecule has 0 radical (unpaired) electrons. The summed E-state index contributed by atoms with van der Waals surface area (Å²) in [5.41, 5.74) is 1.69. The number of rotatable bonds is 4. The molecule has 3 aromatic rings. The normalized spacial score (nSPS) is 15.8. The quantitative estimate of drug-likeness (QED) is 0.486. The monoisotopic (exact) mass is 443 g/mol. The zero-order chi connectivity index (χ0) is 23.4. The first kappa shape index (κ1) is 22.5. The van der Waals surface area contributed by atoms with Crippen molar-refractivity contribution in [1.82, 2.24) is 9.88 Å². The van der Waals surface area contributed by atoms with Crippen LogP contribution in [0, 0.1) is 0 Å². The first-order valence-electron chi connectivity index (χ1n) is 11.2. The minimum atomic E-state index is -0.633. The Morgan fingerprint density at radius 1 is 0.970 bits per heavy atom. The molecule has 2 amide bonds. The molecule has 0 bridgehead atoms. The summed E-state index contributed by atoms with van der Waals surface area (Å²) in [5.74, 6) is 0.500. The maximum atomic E-state index is 13.0. The zero-order valence-corrected chi connectivity index (χ0v) is 19.3. The SMILES string of the molecule is CC(C)(C)OC(=O)N(c1ccccc1)c1ccc([C@@H]2CCCN2C(=O)c2ccccc2)cn1. The molecule has 33 heavy (non-hydrogen) atoms. The van der Waals surface area contributed by atoms with Crippen LogP contribution in [0.3, 0.4) is 0 Å². The molecule has 1 aromatic heterocycles. The van der Waals surface area contributed by atoms with Crippen LogP contribution in [0.15, 0.2) is 79.0 Å². The minimum absolute atomic E-state index is 0.0295. The predicted molar refractivity (Wildman–Crippen MR) is 129 cm³/mol. The van der Waals surface area contributed by atoms with Crippen molar-refractivity contribution in [3.63, 3.8) is 0 Å². The van der Waals surface area contributed by atoms with Crippen molar-refractivity contribution in [1.29, 1.82) is 0 Å². The Bertz CT molecular complexity index is 1090. The van der Waals surface area contributed by atoms with E-state index in [-0.39, 0.29) is 11.9 Å². The number of anilines is 2. The van der Waals surface area contributed by atoms with E-state index in [1.165, 1.54) is 4.90 Å². The molecule has 1 aliphatic heterocycles. The van der Waals surface area contributed by atoms with Gasteiger partial charge in [0.1, 0.15) is 11.4 Å². The smallest absolute Gasteiger partial charge is 0.420 e. The number of carbonyl (C=O) groups excluding carboxylic acids is 2. The predicted octanol–water partition coefficient (Wildman–Crippen LogP) is 6.13. The Morgan fingerprint density at radius 2 is 1.64 bits per heavy atom. The number of aromatic nitrogens is 1. The van der Waals surface area contributed by atoms with Crippen molar-refractivity contribution >= 4 is 23.5 Å². The number of carbonyl (C=O) groups is 2. The lowest BCUT2D eigenvalue weighted by atomic mass is 10.1. The number of likely N-dealkylation sites (tertiary alicyclic amines) is 1. The van der Waals surface area contributed by atoms with Gasteiger partial charge in [0.25, 0.3) is 5.91 Å². The van der Waals surface area contributed by atoms with Crippen LogP contribution in [0.4, 0.5) is 16.3 Å². The Morgan fingerprint density at radius 3 is 2.24 bits per heavy atom. The number of benzene rings is 2. The third kappa shape index (κ3) is 5.22. The van der Waals surface area contributed by atoms with Gasteiger partial charge >= 0.3 is 6.09 Å². The van der Waals surface area contributed by atoms with Crippen LogP contribution in [0.1, 0.15) is 55.6 Å². The molecule has 0 aliphatic carbocycles. The fraction of sp³-hybridized carbons (Fsp3) is 0.296. The van der Waals surface area contributed by atoms with Gasteiger partial charge in [-0.2, -0.15) is 0 Å². The van der Waals surface area contributed by atoms with E-state index < -0.39 is 11.7 Å². The molecule has 170 valence electrons. The highest BCUT2D eigenvalue weighted by Gasteiger charge is 2.31. The topological polar surface area (TPSA) is 62.7 Å². The van der Waals surface area contributed by atoms with Gasteiger partial charge in [0.05, 0.1) is 11.7 Å². The molecular weight excluding hydrogens is 414 g/mol. The average Bonchev–Trinajstić information content (AvgIpc) is 3.29. The highest BCUT2D eigenvalue weighted by molar-refractivity contribution is 5.95. The second-order valence-electron chi connectivity index (χ2n) is 9.12. The Hall–Kier alpha value is -3.67. The van der Waals surface area contributed by atoms with Crippen molar-refractivity contribution in [2.45, 2.75) is 45.3 Å². The van der Waals surface area contributed by atoms with Gasteiger partial charge in [-0.3, -0.25) is 4.79 Å². The Labute approximate surface area is 194 Å². The summed E-state index contributed by atoms with van der Waals surface area (Å²) >= 11 is 0. The number of ether oxygens (including phenoxy) is 1. The molecule has 1 atom stereocenters. The first-order valence-corrected chi connectivity index (χ1v) is 11.2. The lowest BCUT2D eigenvalue weighted by molar-refractivity contribution is 0.0597. The average molecular weight is 444 g/mol. The molecule has 0 saturated carbocycles. The van der Waals surface area contributed by atoms with Gasteiger partial charge in [0.15, 0.2) is 0 Å². The highest BCUT2D eigenvalue weighted by Crippen LogP contribution is 2.34. The molecule has 1 saturated heterocycles. The summed E-state index contributed by atoms with van der Waals surface area (Å²) < 4.78 is 5.63. The van der Waals surface area contributed by atoms with E-state index in [1.54, 1.807) is 6.20 Å². The zero-order valence-electron chi connectivity index (χ0n) is 19.3. The van der Waals surface area contributed by atoms with Gasteiger partial charge < -0.3 is 9.64 Å². The van der Waals surface area contributed by atoms with Crippen LogP contribution in [-0.2, 0) is 4.74 Å². The van der Waals surface area contributed by atoms with Gasteiger partial charge in [-0.25, -0.2) is 14.7 Å². The van der Waals surface area contributed by atoms with Crippen molar-refractivity contribution < 1.29 is 14.3 Å². The second kappa shape index (κ2) is 9.45. The maximum absolute atomic E-state index is 13.0. The van der Waals surface area contributed by atoms with E-state index in [0.29, 0.717) is 23.6 Å². The standard InChI is InChI=1S/C27H29N3O3/c1-27(2,3)33-26(32)30(22-13-8-5-9-14-22)24-17-16-21(19-28-24)23-15-10-18-29(23)25(31)20-11-6-4-7-12-20/h4-9,11-14,16-17,19,23H,10,15,18H2,1-3H3/t23-/m0/s1. The fourth-order valence-corrected chi connectivity index (χ4v) is 4.05. The van der Waals surface area contributed by atoms with Gasteiger partial charge in [0, 0.05) is 18.3 Å². The lowest BCUT2D eigenvalue weighted by Crippen LogP contribution is -2.34. The highest BCUT2D eigenvalue weighted by atomic mass is 16.6. The van der Waals surface area contributed by atoms with Crippen LogP contribution < -0.4 is 4.90 Å². The lowest BCUT2D eigenvalue weighted by Gasteiger charge is -2.28. The second-order valence-corrected chi connectivity index (χ2v) is 9.12. The number of amides is 2. The molecule has 0 unspecified atom stereocenters. The molecule has 4 rings (SSSR count). The molecule has 6 heteroatoms. The van der Waals surface area contributed by atoms with Gasteiger partial charge in [0.2, 0.25) is 0 Å². The van der Waals surface area contributed by atoms with Crippen molar-refractivity contribution in [3.8, 4) is 0 Å². The summed E-state index contributed by atoms with van der Waals surface area (Å²) in [6, 6.07) is 22.4. The van der Waals surface area contributed by atoms with E-state index in [9.17, 15) is 9.59 Å². The van der Waals surface area contributed by atoms with Crippen LogP contribution in [0.25, 0.3) is 0 Å². The molecular formula is C27H29N3O3. The summed E-state index contributed by atoms with van der Waals surface area (Å²) in [6.45, 7) is 6.23. The van der Waals surface area contributed by atoms with E-state index in [2.05, 4.69) is 4.98 Å². The van der Waals surface area contributed by atoms with E-state index >= 15 is 0 Å². The molecule has 2 heterocycles. The number of para-hydroxylation sites is 1. The van der Waals surface area contributed by atoms with Crippen molar-refractivity contribution in [2.24, 2.45) is 0 Å². The first-order chi connectivity index (χ1) is 15.8. The van der Waals surface area contributed by atoms with E-state index in [0.717, 1.165) is 18.4 Å². The number of hydrogen-bond acceptors (Lipinski definition) is 4. The van der Waals surface area contributed by atoms with Crippen molar-refractivity contribution in [2.75, 3.05) is 11.4 Å². The number of hydrogen-bond donors (Lipinski definition) is 0. The van der Waals surface area contributed by atoms with E-state index in [4.69, 9.17) is 4.74 Å². The summed E-state index contributed by atoms with van der Waals surface area (Å²) in [4.78, 5) is 34.0. The van der Waals surface area contributed by atoms with E-state index in [1.807, 2.05) is 98.5 Å². The fourth-order valence-electron chi connectivity index (χ4n) is 4.05. The van der Waals surface area contributed by atoms with Gasteiger partial charge in [-0.15, -0.1) is 0 Å². The third-order valence-corrected chi connectivity index (χ3v) is 5.51. The molecule has 6 nitrogen and oxygen atoms in total. The summed E-state index contributed by atoms with van der Waals surface area (Å²) in [7, 11) is 0. The van der Waals surface area contributed by atoms with Crippen LogP contribution in [-0.4, -0.2) is 34.0 Å². The number of pyridine rings is 1. The van der Waals surface area contributed by atoms with Gasteiger partial charge in [-0.1, -0.05) is 42.5 Å². The van der Waals surface area contributed by atoms with Gasteiger partial charge in [-0.05, 0) is 69.5 Å². The minimum Gasteiger partial charge on any atom is -0.443 e. The molecule has 1 aliphatic rings. The molecule has 2 aromatic carbocycles. The van der Waals surface area contributed by atoms with Crippen LogP contribution >= 0.6 is 0 Å². The molecule has 0 N–H and O–H groups in total. The Balaban J connectivity index is 1.60. The third-order valence-electron chi connectivity index (χ3n) is 5.51. The molecule has 0 spiro atoms. The summed E-state index contributed by atoms with van der Waals surface area (Å²) in [6.07, 6.45) is 3.10. The maximum Gasteiger partial charge on any atom is 0.420 e.